The maximum absolute atomic E-state index is 14.8. The van der Waals surface area contributed by atoms with E-state index < -0.39 is 0 Å². The Morgan fingerprint density at radius 1 is 0.903 bits per heavy atom. The van der Waals surface area contributed by atoms with Gasteiger partial charge in [-0.25, -0.2) is 4.39 Å². The van der Waals surface area contributed by atoms with Gasteiger partial charge >= 0.3 is 0 Å². The third-order valence-corrected chi connectivity index (χ3v) is 6.25. The van der Waals surface area contributed by atoms with Gasteiger partial charge in [0.2, 0.25) is 0 Å². The number of hydrogen-bond donors (Lipinski definition) is 0. The van der Waals surface area contributed by atoms with E-state index in [4.69, 9.17) is 4.74 Å². The SMILES string of the molecule is CN1CCN(c2c(F)cccc2C=C2CN(c3ccc(C(C)(C)C)cc3)CCO2)CC1. The minimum Gasteiger partial charge on any atom is -0.494 e. The number of nitrogens with zero attached hydrogens (tertiary/aromatic N) is 3. The van der Waals surface area contributed by atoms with E-state index in [0.717, 1.165) is 44.0 Å². The zero-order chi connectivity index (χ0) is 22.0. The van der Waals surface area contributed by atoms with Gasteiger partial charge in [0.1, 0.15) is 18.2 Å². The number of benzene rings is 2. The number of hydrogen-bond acceptors (Lipinski definition) is 4. The minimum absolute atomic E-state index is 0.144. The number of rotatable bonds is 3. The quantitative estimate of drug-likeness (QED) is 0.709. The molecule has 0 radical (unpaired) electrons. The van der Waals surface area contributed by atoms with Gasteiger partial charge in [-0.2, -0.15) is 0 Å². The lowest BCUT2D eigenvalue weighted by atomic mass is 9.87. The molecule has 0 N–H and O–H groups in total. The first-order valence-electron chi connectivity index (χ1n) is 11.2. The van der Waals surface area contributed by atoms with Crippen molar-refractivity contribution in [3.05, 3.63) is 65.2 Å². The van der Waals surface area contributed by atoms with Crippen molar-refractivity contribution in [3.8, 4) is 0 Å². The number of halogens is 1. The van der Waals surface area contributed by atoms with Crippen LogP contribution in [0.5, 0.6) is 0 Å². The summed E-state index contributed by atoms with van der Waals surface area (Å²) in [7, 11) is 2.11. The van der Waals surface area contributed by atoms with Gasteiger partial charge in [-0.05, 0) is 42.3 Å². The summed E-state index contributed by atoms with van der Waals surface area (Å²) >= 11 is 0. The van der Waals surface area contributed by atoms with Gasteiger partial charge < -0.3 is 19.4 Å². The molecule has 2 fully saturated rings. The first-order chi connectivity index (χ1) is 14.8. The fourth-order valence-corrected chi connectivity index (χ4v) is 4.27. The lowest BCUT2D eigenvalue weighted by Crippen LogP contribution is -2.45. The van der Waals surface area contributed by atoms with Crippen molar-refractivity contribution in [3.63, 3.8) is 0 Å². The maximum Gasteiger partial charge on any atom is 0.147 e. The molecule has 0 saturated carbocycles. The minimum atomic E-state index is -0.163. The van der Waals surface area contributed by atoms with Crippen LogP contribution in [-0.2, 0) is 10.2 Å². The predicted molar refractivity (Wildman–Crippen MR) is 127 cm³/mol. The van der Waals surface area contributed by atoms with E-state index in [1.54, 1.807) is 12.1 Å². The van der Waals surface area contributed by atoms with Crippen LogP contribution in [0.4, 0.5) is 15.8 Å². The molecule has 0 spiro atoms. The zero-order valence-electron chi connectivity index (χ0n) is 19.2. The molecule has 2 aliphatic heterocycles. The summed E-state index contributed by atoms with van der Waals surface area (Å²) in [6, 6.07) is 14.2. The number of likely N-dealkylation sites (N-methyl/N-ethyl adjacent to an activating group) is 1. The highest BCUT2D eigenvalue weighted by Crippen LogP contribution is 2.30. The van der Waals surface area contributed by atoms with Crippen LogP contribution in [0.25, 0.3) is 6.08 Å². The number of para-hydroxylation sites is 1. The Morgan fingerprint density at radius 3 is 2.29 bits per heavy atom. The van der Waals surface area contributed by atoms with Crippen molar-refractivity contribution < 1.29 is 9.13 Å². The van der Waals surface area contributed by atoms with Crippen LogP contribution in [0.1, 0.15) is 31.9 Å². The molecule has 0 atom stereocenters. The Balaban J connectivity index is 1.55. The number of ether oxygens (including phenoxy) is 1. The standard InChI is InChI=1S/C26H34FN3O/c1-26(2,3)21-8-10-22(11-9-21)30-16-17-31-23(19-30)18-20-6-5-7-24(27)25(20)29-14-12-28(4)13-15-29/h5-11,18H,12-17,19H2,1-4H3. The van der Waals surface area contributed by atoms with Crippen LogP contribution < -0.4 is 9.80 Å². The molecule has 2 aliphatic rings. The van der Waals surface area contributed by atoms with Crippen LogP contribution in [0, 0.1) is 5.82 Å². The summed E-state index contributed by atoms with van der Waals surface area (Å²) in [5.41, 5.74) is 4.26. The van der Waals surface area contributed by atoms with Crippen LogP contribution in [0.3, 0.4) is 0 Å². The molecular weight excluding hydrogens is 389 g/mol. The molecule has 0 bridgehead atoms. The predicted octanol–water partition coefficient (Wildman–Crippen LogP) is 4.75. The van der Waals surface area contributed by atoms with Crippen molar-refractivity contribution >= 4 is 17.5 Å². The molecular formula is C26H34FN3O. The van der Waals surface area contributed by atoms with Gasteiger partial charge in [0, 0.05) is 37.4 Å². The molecule has 2 aromatic carbocycles. The molecule has 31 heavy (non-hydrogen) atoms. The monoisotopic (exact) mass is 423 g/mol. The Morgan fingerprint density at radius 2 is 1.61 bits per heavy atom. The van der Waals surface area contributed by atoms with Crippen molar-refractivity contribution in [2.24, 2.45) is 0 Å². The Labute approximate surface area is 185 Å². The third-order valence-electron chi connectivity index (χ3n) is 6.25. The lowest BCUT2D eigenvalue weighted by Gasteiger charge is -2.35. The van der Waals surface area contributed by atoms with E-state index in [0.29, 0.717) is 18.8 Å². The molecule has 4 rings (SSSR count). The van der Waals surface area contributed by atoms with Crippen molar-refractivity contribution in [2.45, 2.75) is 26.2 Å². The Kier molecular flexibility index (Phi) is 6.24. The molecule has 2 aromatic rings. The van der Waals surface area contributed by atoms with Crippen molar-refractivity contribution in [1.29, 1.82) is 0 Å². The average Bonchev–Trinajstić information content (AvgIpc) is 2.75. The van der Waals surface area contributed by atoms with Gasteiger partial charge in [0.15, 0.2) is 0 Å². The van der Waals surface area contributed by atoms with Gasteiger partial charge in [-0.3, -0.25) is 0 Å². The highest BCUT2D eigenvalue weighted by atomic mass is 19.1. The Bertz CT molecular complexity index is 925. The van der Waals surface area contributed by atoms with E-state index in [-0.39, 0.29) is 11.2 Å². The van der Waals surface area contributed by atoms with Crippen LogP contribution in [0.15, 0.2) is 48.2 Å². The highest BCUT2D eigenvalue weighted by molar-refractivity contribution is 5.70. The summed E-state index contributed by atoms with van der Waals surface area (Å²) in [6.45, 7) is 12.4. The van der Waals surface area contributed by atoms with Gasteiger partial charge in [-0.15, -0.1) is 0 Å². The number of piperazine rings is 1. The highest BCUT2D eigenvalue weighted by Gasteiger charge is 2.22. The molecule has 4 nitrogen and oxygen atoms in total. The van der Waals surface area contributed by atoms with E-state index in [9.17, 15) is 4.39 Å². The van der Waals surface area contributed by atoms with Crippen molar-refractivity contribution in [2.75, 3.05) is 62.7 Å². The topological polar surface area (TPSA) is 19.0 Å². The first-order valence-corrected chi connectivity index (χ1v) is 11.2. The van der Waals surface area contributed by atoms with E-state index in [2.05, 4.69) is 66.8 Å². The molecule has 166 valence electrons. The molecule has 0 unspecified atom stereocenters. The smallest absolute Gasteiger partial charge is 0.147 e. The second-order valence-electron chi connectivity index (χ2n) is 9.65. The molecule has 2 heterocycles. The molecule has 5 heteroatoms. The average molecular weight is 424 g/mol. The number of anilines is 2. The first kappa shape index (κ1) is 21.7. The van der Waals surface area contributed by atoms with Gasteiger partial charge in [-0.1, -0.05) is 45.0 Å². The molecule has 0 amide bonds. The van der Waals surface area contributed by atoms with Crippen LogP contribution in [0.2, 0.25) is 0 Å². The van der Waals surface area contributed by atoms with Crippen LogP contribution >= 0.6 is 0 Å². The fourth-order valence-electron chi connectivity index (χ4n) is 4.27. The molecule has 0 aliphatic carbocycles. The van der Waals surface area contributed by atoms with E-state index in [1.165, 1.54) is 11.3 Å². The fraction of sp³-hybridized carbons (Fsp3) is 0.462. The van der Waals surface area contributed by atoms with Gasteiger partial charge in [0.25, 0.3) is 0 Å². The normalized spacial score (nSPS) is 19.6. The zero-order valence-corrected chi connectivity index (χ0v) is 19.2. The Hall–Kier alpha value is -2.53. The summed E-state index contributed by atoms with van der Waals surface area (Å²) in [4.78, 5) is 6.77. The number of morpholine rings is 1. The van der Waals surface area contributed by atoms with E-state index >= 15 is 0 Å². The largest absolute Gasteiger partial charge is 0.494 e. The summed E-state index contributed by atoms with van der Waals surface area (Å²) < 4.78 is 20.8. The molecule has 2 saturated heterocycles. The van der Waals surface area contributed by atoms with E-state index in [1.807, 2.05) is 12.1 Å². The van der Waals surface area contributed by atoms with Gasteiger partial charge in [0.05, 0.1) is 18.8 Å². The maximum atomic E-state index is 14.8. The second kappa shape index (κ2) is 8.91. The van der Waals surface area contributed by atoms with Crippen molar-refractivity contribution in [1.82, 2.24) is 4.90 Å². The summed E-state index contributed by atoms with van der Waals surface area (Å²) in [5, 5.41) is 0. The lowest BCUT2D eigenvalue weighted by molar-refractivity contribution is 0.195. The summed E-state index contributed by atoms with van der Waals surface area (Å²) in [6.07, 6.45) is 2.02. The summed E-state index contributed by atoms with van der Waals surface area (Å²) in [5.74, 6) is 0.719. The second-order valence-corrected chi connectivity index (χ2v) is 9.65. The molecule has 0 aromatic heterocycles. The third kappa shape index (κ3) is 5.04. The van der Waals surface area contributed by atoms with Crippen LogP contribution in [-0.4, -0.2) is 57.8 Å².